The first kappa shape index (κ1) is 17.5. The summed E-state index contributed by atoms with van der Waals surface area (Å²) in [5, 5.41) is 3.23. The third-order valence-electron chi connectivity index (χ3n) is 4.36. The summed E-state index contributed by atoms with van der Waals surface area (Å²) in [7, 11) is 0. The van der Waals surface area contributed by atoms with Gasteiger partial charge in [-0.05, 0) is 49.6 Å². The van der Waals surface area contributed by atoms with E-state index < -0.39 is 6.03 Å². The molecule has 0 radical (unpaired) electrons. The van der Waals surface area contributed by atoms with Crippen molar-refractivity contribution in [2.24, 2.45) is 0 Å². The van der Waals surface area contributed by atoms with Gasteiger partial charge in [-0.15, -0.1) is 0 Å². The zero-order valence-corrected chi connectivity index (χ0v) is 15.8. The molecule has 3 aromatic rings. The van der Waals surface area contributed by atoms with E-state index in [1.54, 1.807) is 18.3 Å². The number of hydrogen-bond acceptors (Lipinski definition) is 6. The molecular formula is C19H19N3O4S. The van der Waals surface area contributed by atoms with Crippen LogP contribution >= 0.6 is 11.5 Å². The van der Waals surface area contributed by atoms with Crippen LogP contribution in [0, 0.1) is 0 Å². The predicted molar refractivity (Wildman–Crippen MR) is 103 cm³/mol. The summed E-state index contributed by atoms with van der Waals surface area (Å²) < 4.78 is 12.6. The van der Waals surface area contributed by atoms with E-state index in [-0.39, 0.29) is 18.2 Å². The Balaban J connectivity index is 1.57. The van der Waals surface area contributed by atoms with Crippen LogP contribution < -0.4 is 20.3 Å². The van der Waals surface area contributed by atoms with Crippen molar-refractivity contribution in [3.63, 3.8) is 0 Å². The van der Waals surface area contributed by atoms with Crippen LogP contribution in [0.1, 0.15) is 25.0 Å². The molecule has 4 rings (SSSR count). The Morgan fingerprint density at radius 2 is 2.33 bits per heavy atom. The fraction of sp³-hybridized carbons (Fsp3) is 0.316. The van der Waals surface area contributed by atoms with Crippen molar-refractivity contribution in [1.29, 1.82) is 0 Å². The Labute approximate surface area is 159 Å². The van der Waals surface area contributed by atoms with Gasteiger partial charge in [-0.25, -0.2) is 9.78 Å². The minimum absolute atomic E-state index is 0.129. The topological polar surface area (TPSA) is 82.5 Å². The molecule has 0 saturated heterocycles. The second kappa shape index (κ2) is 7.03. The lowest BCUT2D eigenvalue weighted by molar-refractivity contribution is 0.243. The molecule has 0 saturated carbocycles. The quantitative estimate of drug-likeness (QED) is 0.747. The molecule has 1 aromatic carbocycles. The SMILES string of the molecule is CCOc1cc2c(cc1CNC(=O)n1sc3ncccc3c1=O)OC(C)C2. The first-order valence-electron chi connectivity index (χ1n) is 8.77. The molecule has 1 N–H and O–H groups in total. The molecular weight excluding hydrogens is 366 g/mol. The first-order chi connectivity index (χ1) is 13.1. The number of fused-ring (bicyclic) bond motifs is 2. The summed E-state index contributed by atoms with van der Waals surface area (Å²) in [5.74, 6) is 1.54. The van der Waals surface area contributed by atoms with Crippen LogP contribution in [-0.2, 0) is 13.0 Å². The van der Waals surface area contributed by atoms with Crippen molar-refractivity contribution >= 4 is 27.8 Å². The third kappa shape index (κ3) is 3.28. The molecule has 1 unspecified atom stereocenters. The smallest absolute Gasteiger partial charge is 0.338 e. The van der Waals surface area contributed by atoms with Crippen molar-refractivity contribution in [1.82, 2.24) is 14.3 Å². The molecule has 7 nitrogen and oxygen atoms in total. The fourth-order valence-corrected chi connectivity index (χ4v) is 4.01. The highest BCUT2D eigenvalue weighted by Gasteiger charge is 2.22. The Morgan fingerprint density at radius 1 is 1.48 bits per heavy atom. The second-order valence-electron chi connectivity index (χ2n) is 6.34. The lowest BCUT2D eigenvalue weighted by Gasteiger charge is -2.13. The van der Waals surface area contributed by atoms with Crippen molar-refractivity contribution < 1.29 is 14.3 Å². The normalized spacial score (nSPS) is 15.4. The van der Waals surface area contributed by atoms with E-state index in [1.165, 1.54) is 0 Å². The number of aromatic nitrogens is 2. The van der Waals surface area contributed by atoms with Crippen molar-refractivity contribution in [2.75, 3.05) is 6.61 Å². The van der Waals surface area contributed by atoms with Gasteiger partial charge in [-0.3, -0.25) is 4.79 Å². The molecule has 1 aliphatic rings. The molecule has 1 amide bonds. The molecule has 0 fully saturated rings. The molecule has 1 aliphatic heterocycles. The number of rotatable bonds is 4. The molecule has 0 aliphatic carbocycles. The summed E-state index contributed by atoms with van der Waals surface area (Å²) in [6.45, 7) is 4.69. The van der Waals surface area contributed by atoms with Gasteiger partial charge in [0.1, 0.15) is 22.4 Å². The number of hydrogen-bond donors (Lipinski definition) is 1. The number of benzene rings is 1. The standard InChI is InChI=1S/C19H19N3O4S/c1-3-25-15-8-12-7-11(2)26-16(12)9-13(15)10-21-19(24)22-18(23)14-5-4-6-20-17(14)27-22/h4-6,8-9,11H,3,7,10H2,1-2H3,(H,21,24). The number of carbonyl (C=O) groups is 1. The highest BCUT2D eigenvalue weighted by atomic mass is 32.1. The largest absolute Gasteiger partial charge is 0.494 e. The van der Waals surface area contributed by atoms with Crippen LogP contribution in [-0.4, -0.2) is 27.7 Å². The lowest BCUT2D eigenvalue weighted by Crippen LogP contribution is -2.32. The Hall–Kier alpha value is -2.87. The molecule has 0 spiro atoms. The first-order valence-corrected chi connectivity index (χ1v) is 9.54. The summed E-state index contributed by atoms with van der Waals surface area (Å²) in [6, 6.07) is 6.73. The van der Waals surface area contributed by atoms with Crippen LogP contribution in [0.25, 0.3) is 10.2 Å². The van der Waals surface area contributed by atoms with Crippen LogP contribution in [0.5, 0.6) is 11.5 Å². The van der Waals surface area contributed by atoms with Gasteiger partial charge in [0.15, 0.2) is 0 Å². The van der Waals surface area contributed by atoms with Crippen molar-refractivity contribution in [3.05, 3.63) is 51.9 Å². The molecule has 2 aromatic heterocycles. The van der Waals surface area contributed by atoms with Gasteiger partial charge in [0.05, 0.1) is 12.0 Å². The average molecular weight is 385 g/mol. The van der Waals surface area contributed by atoms with E-state index >= 15 is 0 Å². The second-order valence-corrected chi connectivity index (χ2v) is 7.27. The number of carbonyl (C=O) groups excluding carboxylic acids is 1. The van der Waals surface area contributed by atoms with E-state index in [0.717, 1.165) is 44.5 Å². The Kier molecular flexibility index (Phi) is 4.57. The van der Waals surface area contributed by atoms with Gasteiger partial charge in [-0.1, -0.05) is 0 Å². The summed E-state index contributed by atoms with van der Waals surface area (Å²) in [4.78, 5) is 29.6. The number of amides is 1. The van der Waals surface area contributed by atoms with Crippen molar-refractivity contribution in [3.8, 4) is 11.5 Å². The van der Waals surface area contributed by atoms with E-state index in [1.807, 2.05) is 26.0 Å². The summed E-state index contributed by atoms with van der Waals surface area (Å²) >= 11 is 1.03. The highest BCUT2D eigenvalue weighted by molar-refractivity contribution is 7.14. The van der Waals surface area contributed by atoms with E-state index in [2.05, 4.69) is 10.3 Å². The van der Waals surface area contributed by atoms with E-state index in [0.29, 0.717) is 16.8 Å². The minimum atomic E-state index is -0.486. The van der Waals surface area contributed by atoms with Gasteiger partial charge in [-0.2, -0.15) is 3.96 Å². The molecule has 140 valence electrons. The Bertz CT molecular complexity index is 1070. The van der Waals surface area contributed by atoms with Gasteiger partial charge < -0.3 is 14.8 Å². The molecule has 1 atom stereocenters. The minimum Gasteiger partial charge on any atom is -0.494 e. The summed E-state index contributed by atoms with van der Waals surface area (Å²) in [5.41, 5.74) is 1.55. The van der Waals surface area contributed by atoms with E-state index in [9.17, 15) is 9.59 Å². The fourth-order valence-electron chi connectivity index (χ4n) is 3.15. The average Bonchev–Trinajstić information content (AvgIpc) is 3.19. The van der Waals surface area contributed by atoms with Gasteiger partial charge >= 0.3 is 6.03 Å². The van der Waals surface area contributed by atoms with Crippen LogP contribution in [0.4, 0.5) is 4.79 Å². The number of nitrogens with one attached hydrogen (secondary N) is 1. The number of nitrogens with zero attached hydrogens (tertiary/aromatic N) is 2. The molecule has 3 heterocycles. The van der Waals surface area contributed by atoms with Gasteiger partial charge in [0.25, 0.3) is 5.56 Å². The lowest BCUT2D eigenvalue weighted by atomic mass is 10.1. The zero-order valence-electron chi connectivity index (χ0n) is 15.0. The highest BCUT2D eigenvalue weighted by Crippen LogP contribution is 2.35. The van der Waals surface area contributed by atoms with E-state index in [4.69, 9.17) is 9.47 Å². The molecule has 8 heteroatoms. The van der Waals surface area contributed by atoms with Crippen LogP contribution in [0.3, 0.4) is 0 Å². The molecule has 27 heavy (non-hydrogen) atoms. The molecule has 0 bridgehead atoms. The maximum absolute atomic E-state index is 12.5. The van der Waals surface area contributed by atoms with Crippen LogP contribution in [0.15, 0.2) is 35.3 Å². The van der Waals surface area contributed by atoms with Gasteiger partial charge in [0.2, 0.25) is 0 Å². The maximum Gasteiger partial charge on any atom is 0.338 e. The van der Waals surface area contributed by atoms with Gasteiger partial charge in [0, 0.05) is 30.3 Å². The van der Waals surface area contributed by atoms with Crippen molar-refractivity contribution in [2.45, 2.75) is 32.9 Å². The monoisotopic (exact) mass is 385 g/mol. The zero-order chi connectivity index (χ0) is 19.0. The maximum atomic E-state index is 12.5. The third-order valence-corrected chi connectivity index (χ3v) is 5.37. The number of pyridine rings is 1. The predicted octanol–water partition coefficient (Wildman–Crippen LogP) is 2.94. The Morgan fingerprint density at radius 3 is 3.11 bits per heavy atom. The summed E-state index contributed by atoms with van der Waals surface area (Å²) in [6.07, 6.45) is 2.57. The van der Waals surface area contributed by atoms with Crippen LogP contribution in [0.2, 0.25) is 0 Å². The number of ether oxygens (including phenoxy) is 2.